The number of anilines is 3. The average Bonchev–Trinajstić information content (AvgIpc) is 2.60. The van der Waals surface area contributed by atoms with Gasteiger partial charge in [-0.15, -0.1) is 0 Å². The second-order valence-electron chi connectivity index (χ2n) is 5.56. The molecule has 0 aliphatic heterocycles. The summed E-state index contributed by atoms with van der Waals surface area (Å²) >= 11 is 3.52. The molecule has 116 valence electrons. The van der Waals surface area contributed by atoms with Crippen LogP contribution in [-0.4, -0.2) is 0 Å². The summed E-state index contributed by atoms with van der Waals surface area (Å²) in [5.74, 6) is 0. The predicted octanol–water partition coefficient (Wildman–Crippen LogP) is 6.87. The van der Waals surface area contributed by atoms with Crippen LogP contribution in [-0.2, 0) is 6.42 Å². The van der Waals surface area contributed by atoms with Crippen molar-refractivity contribution in [1.29, 1.82) is 0 Å². The molecule has 0 aliphatic carbocycles. The van der Waals surface area contributed by atoms with Crippen LogP contribution in [0.4, 0.5) is 17.1 Å². The van der Waals surface area contributed by atoms with Gasteiger partial charge in [-0.25, -0.2) is 0 Å². The third-order valence-corrected chi connectivity index (χ3v) is 4.36. The number of hydrogen-bond donors (Lipinski definition) is 0. The zero-order valence-electron chi connectivity index (χ0n) is 13.2. The zero-order valence-corrected chi connectivity index (χ0v) is 14.8. The molecule has 1 nitrogen and oxygen atoms in total. The lowest BCUT2D eigenvalue weighted by molar-refractivity contribution is 0.922. The Hall–Kier alpha value is -2.06. The summed E-state index contributed by atoms with van der Waals surface area (Å²) in [7, 11) is 0. The quantitative estimate of drug-likeness (QED) is 0.476. The van der Waals surface area contributed by atoms with Crippen molar-refractivity contribution < 1.29 is 0 Å². The fourth-order valence-electron chi connectivity index (χ4n) is 2.71. The van der Waals surface area contributed by atoms with E-state index in [1.807, 2.05) is 6.07 Å². The second kappa shape index (κ2) is 7.47. The van der Waals surface area contributed by atoms with Crippen molar-refractivity contribution in [3.63, 3.8) is 0 Å². The molecule has 3 aromatic carbocycles. The topological polar surface area (TPSA) is 3.24 Å². The van der Waals surface area contributed by atoms with Gasteiger partial charge in [0.05, 0.1) is 0 Å². The molecule has 0 heterocycles. The number of hydrogen-bond acceptors (Lipinski definition) is 1. The number of para-hydroxylation sites is 1. The normalized spacial score (nSPS) is 10.5. The summed E-state index contributed by atoms with van der Waals surface area (Å²) in [6, 6.07) is 27.8. The van der Waals surface area contributed by atoms with Gasteiger partial charge in [0.15, 0.2) is 0 Å². The van der Waals surface area contributed by atoms with Crippen molar-refractivity contribution >= 4 is 33.0 Å². The van der Waals surface area contributed by atoms with Gasteiger partial charge in [0.1, 0.15) is 0 Å². The lowest BCUT2D eigenvalue weighted by Crippen LogP contribution is -2.09. The van der Waals surface area contributed by atoms with Crippen LogP contribution in [0.5, 0.6) is 0 Å². The average molecular weight is 366 g/mol. The van der Waals surface area contributed by atoms with Gasteiger partial charge >= 0.3 is 0 Å². The minimum absolute atomic E-state index is 1.09. The van der Waals surface area contributed by atoms with Crippen molar-refractivity contribution in [3.05, 3.63) is 88.9 Å². The van der Waals surface area contributed by atoms with Crippen molar-refractivity contribution in [2.75, 3.05) is 4.90 Å². The van der Waals surface area contributed by atoms with E-state index in [4.69, 9.17) is 0 Å². The van der Waals surface area contributed by atoms with E-state index in [1.54, 1.807) is 0 Å². The standard InChI is InChI=1S/C21H20BrN/c1-2-6-17-9-13-20(14-10-17)23(19-7-4-3-5-8-19)21-15-11-18(22)12-16-21/h3-5,7-16H,2,6H2,1H3. The first-order valence-electron chi connectivity index (χ1n) is 7.97. The summed E-state index contributed by atoms with van der Waals surface area (Å²) in [6.07, 6.45) is 2.30. The van der Waals surface area contributed by atoms with Crippen molar-refractivity contribution in [1.82, 2.24) is 0 Å². The maximum Gasteiger partial charge on any atom is 0.0462 e. The van der Waals surface area contributed by atoms with Crippen molar-refractivity contribution in [2.45, 2.75) is 19.8 Å². The van der Waals surface area contributed by atoms with Gasteiger partial charge in [-0.1, -0.05) is 59.6 Å². The van der Waals surface area contributed by atoms with Crippen LogP contribution in [0.3, 0.4) is 0 Å². The highest BCUT2D eigenvalue weighted by molar-refractivity contribution is 9.10. The zero-order chi connectivity index (χ0) is 16.1. The molecule has 0 bridgehead atoms. The number of benzene rings is 3. The summed E-state index contributed by atoms with van der Waals surface area (Å²) in [5, 5.41) is 0. The first kappa shape index (κ1) is 15.8. The molecule has 0 atom stereocenters. The molecule has 3 rings (SSSR count). The summed E-state index contributed by atoms with van der Waals surface area (Å²) in [6.45, 7) is 2.21. The minimum Gasteiger partial charge on any atom is -0.311 e. The predicted molar refractivity (Wildman–Crippen MR) is 103 cm³/mol. The summed E-state index contributed by atoms with van der Waals surface area (Å²) in [4.78, 5) is 2.28. The smallest absolute Gasteiger partial charge is 0.0462 e. The molecule has 0 amide bonds. The van der Waals surface area contributed by atoms with E-state index in [-0.39, 0.29) is 0 Å². The van der Waals surface area contributed by atoms with Gasteiger partial charge < -0.3 is 4.90 Å². The van der Waals surface area contributed by atoms with Gasteiger partial charge in [0, 0.05) is 21.5 Å². The highest BCUT2D eigenvalue weighted by atomic mass is 79.9. The van der Waals surface area contributed by atoms with Gasteiger partial charge in [0.2, 0.25) is 0 Å². The Morgan fingerprint density at radius 2 is 1.22 bits per heavy atom. The van der Waals surface area contributed by atoms with Gasteiger partial charge in [0.25, 0.3) is 0 Å². The molecule has 0 saturated carbocycles. The van der Waals surface area contributed by atoms with Gasteiger partial charge in [-0.2, -0.15) is 0 Å². The Bertz CT molecular complexity index is 733. The van der Waals surface area contributed by atoms with Crippen molar-refractivity contribution in [3.8, 4) is 0 Å². The largest absolute Gasteiger partial charge is 0.311 e. The maximum absolute atomic E-state index is 3.52. The van der Waals surface area contributed by atoms with Gasteiger partial charge in [-0.05, 0) is 60.5 Å². The molecule has 0 fully saturated rings. The Balaban J connectivity index is 2.03. The van der Waals surface area contributed by atoms with E-state index >= 15 is 0 Å². The van der Waals surface area contributed by atoms with E-state index in [9.17, 15) is 0 Å². The van der Waals surface area contributed by atoms with Crippen LogP contribution in [0.25, 0.3) is 0 Å². The maximum atomic E-state index is 3.52. The fraction of sp³-hybridized carbons (Fsp3) is 0.143. The third-order valence-electron chi connectivity index (χ3n) is 3.83. The van der Waals surface area contributed by atoms with E-state index < -0.39 is 0 Å². The minimum atomic E-state index is 1.09. The first-order chi connectivity index (χ1) is 11.3. The number of nitrogens with zero attached hydrogens (tertiary/aromatic N) is 1. The number of halogens is 1. The van der Waals surface area contributed by atoms with E-state index in [1.165, 1.54) is 17.7 Å². The van der Waals surface area contributed by atoms with Crippen LogP contribution in [0, 0.1) is 0 Å². The molecule has 0 radical (unpaired) electrons. The Morgan fingerprint density at radius 1 is 0.696 bits per heavy atom. The highest BCUT2D eigenvalue weighted by Gasteiger charge is 2.11. The second-order valence-corrected chi connectivity index (χ2v) is 6.48. The third kappa shape index (κ3) is 3.83. The fourth-order valence-corrected chi connectivity index (χ4v) is 2.98. The van der Waals surface area contributed by atoms with E-state index in [0.29, 0.717) is 0 Å². The molecule has 0 saturated heterocycles. The molecule has 3 aromatic rings. The molecular formula is C21H20BrN. The molecule has 2 heteroatoms. The van der Waals surface area contributed by atoms with Crippen LogP contribution < -0.4 is 4.90 Å². The highest BCUT2D eigenvalue weighted by Crippen LogP contribution is 2.34. The summed E-state index contributed by atoms with van der Waals surface area (Å²) in [5.41, 5.74) is 4.89. The molecule has 0 spiro atoms. The molecule has 0 N–H and O–H groups in total. The molecular weight excluding hydrogens is 346 g/mol. The van der Waals surface area contributed by atoms with Gasteiger partial charge in [-0.3, -0.25) is 0 Å². The van der Waals surface area contributed by atoms with Crippen LogP contribution >= 0.6 is 15.9 Å². The Morgan fingerprint density at radius 3 is 1.78 bits per heavy atom. The first-order valence-corrected chi connectivity index (χ1v) is 8.77. The molecule has 23 heavy (non-hydrogen) atoms. The summed E-state index contributed by atoms with van der Waals surface area (Å²) < 4.78 is 1.09. The Labute approximate surface area is 146 Å². The Kier molecular flexibility index (Phi) is 5.14. The van der Waals surface area contributed by atoms with Crippen LogP contribution in [0.1, 0.15) is 18.9 Å². The monoisotopic (exact) mass is 365 g/mol. The van der Waals surface area contributed by atoms with E-state index in [2.05, 4.69) is 101 Å². The van der Waals surface area contributed by atoms with Crippen molar-refractivity contribution in [2.24, 2.45) is 0 Å². The van der Waals surface area contributed by atoms with E-state index in [0.717, 1.165) is 22.3 Å². The molecule has 0 unspecified atom stereocenters. The lowest BCUT2D eigenvalue weighted by Gasteiger charge is -2.25. The SMILES string of the molecule is CCCc1ccc(N(c2ccccc2)c2ccc(Br)cc2)cc1. The van der Waals surface area contributed by atoms with Crippen LogP contribution in [0.2, 0.25) is 0 Å². The molecule has 0 aliphatic rings. The molecule has 0 aromatic heterocycles. The number of aryl methyl sites for hydroxylation is 1. The number of rotatable bonds is 5. The lowest BCUT2D eigenvalue weighted by atomic mass is 10.1. The van der Waals surface area contributed by atoms with Crippen LogP contribution in [0.15, 0.2) is 83.3 Å².